The maximum Gasteiger partial charge on any atom is 0.470 e. The number of carbonyl (C=O) groups excluding carboxylic acids is 1. The van der Waals surface area contributed by atoms with E-state index in [1.54, 1.807) is 11.3 Å². The maximum atomic E-state index is 11.1. The molecule has 0 fully saturated rings. The fraction of sp³-hybridized carbons (Fsp3) is 0.375. The molecular formula is C8H11O5PS. The van der Waals surface area contributed by atoms with Gasteiger partial charge in [-0.3, -0.25) is 9.32 Å². The van der Waals surface area contributed by atoms with Crippen molar-refractivity contribution in [2.24, 2.45) is 0 Å². The second-order valence-corrected chi connectivity index (χ2v) is 5.15. The van der Waals surface area contributed by atoms with Gasteiger partial charge in [0.05, 0.1) is 0 Å². The number of hydrogen-bond acceptors (Lipinski definition) is 4. The van der Waals surface area contributed by atoms with Crippen LogP contribution in [0.4, 0.5) is 0 Å². The van der Waals surface area contributed by atoms with Gasteiger partial charge in [0.25, 0.3) is 0 Å². The number of carbonyl (C=O) groups is 1. The first-order valence-electron chi connectivity index (χ1n) is 4.21. The van der Waals surface area contributed by atoms with Gasteiger partial charge in [-0.1, -0.05) is 6.07 Å². The smallest absolute Gasteiger partial charge is 0.303 e. The van der Waals surface area contributed by atoms with Crippen LogP contribution in [0.25, 0.3) is 0 Å². The van der Waals surface area contributed by atoms with Gasteiger partial charge >= 0.3 is 7.82 Å². The Labute approximate surface area is 90.9 Å². The maximum absolute atomic E-state index is 11.1. The number of hydrogen-bond donors (Lipinski definition) is 2. The van der Waals surface area contributed by atoms with E-state index < -0.39 is 14.4 Å². The molecule has 1 aromatic heterocycles. The number of phosphoric acid groups is 1. The molecule has 1 rings (SSSR count). The number of Topliss-reactive ketones (excluding diaryl/α,β-unsaturated/α-hetero) is 1. The van der Waals surface area contributed by atoms with Gasteiger partial charge in [-0.15, -0.1) is 11.3 Å². The molecule has 5 nitrogen and oxygen atoms in total. The predicted molar refractivity (Wildman–Crippen MR) is 55.6 cm³/mol. The Morgan fingerprint density at radius 3 is 2.80 bits per heavy atom. The first kappa shape index (κ1) is 12.5. The van der Waals surface area contributed by atoms with Crippen molar-refractivity contribution in [2.45, 2.75) is 12.8 Å². The first-order chi connectivity index (χ1) is 6.97. The molecule has 2 N–H and O–H groups in total. The fourth-order valence-corrected chi connectivity index (χ4v) is 1.97. The van der Waals surface area contributed by atoms with Crippen molar-refractivity contribution in [3.8, 4) is 0 Å². The average molecular weight is 250 g/mol. The summed E-state index contributed by atoms with van der Waals surface area (Å²) in [5.74, 6) is -0.313. The van der Waals surface area contributed by atoms with Gasteiger partial charge in [-0.25, -0.2) is 4.57 Å². The summed E-state index contributed by atoms with van der Waals surface area (Å²) < 4.78 is 14.4. The molecule has 0 unspecified atom stereocenters. The SMILES string of the molecule is O=C(CCc1cccs1)COP(=O)(O)O. The molecule has 0 radical (unpaired) electrons. The summed E-state index contributed by atoms with van der Waals surface area (Å²) >= 11 is 1.54. The Balaban J connectivity index is 2.23. The largest absolute Gasteiger partial charge is 0.470 e. The monoisotopic (exact) mass is 250 g/mol. The van der Waals surface area contributed by atoms with Crippen LogP contribution in [-0.2, 0) is 20.3 Å². The zero-order valence-electron chi connectivity index (χ0n) is 7.83. The van der Waals surface area contributed by atoms with Crippen LogP contribution in [0.3, 0.4) is 0 Å². The lowest BCUT2D eigenvalue weighted by Crippen LogP contribution is -2.08. The molecule has 0 bridgehead atoms. The standard InChI is InChI=1S/C8H11O5PS/c9-7(6-13-14(10,11)12)3-4-8-2-1-5-15-8/h1-2,5H,3-4,6H2,(H2,10,11,12). The summed E-state index contributed by atoms with van der Waals surface area (Å²) in [6, 6.07) is 3.79. The highest BCUT2D eigenvalue weighted by atomic mass is 32.1. The average Bonchev–Trinajstić information content (AvgIpc) is 2.62. The summed E-state index contributed by atoms with van der Waals surface area (Å²) in [5.41, 5.74) is 0. The van der Waals surface area contributed by atoms with Gasteiger partial charge in [0.1, 0.15) is 6.61 Å². The van der Waals surface area contributed by atoms with Crippen LogP contribution in [0.5, 0.6) is 0 Å². The van der Waals surface area contributed by atoms with E-state index in [2.05, 4.69) is 4.52 Å². The summed E-state index contributed by atoms with van der Waals surface area (Å²) in [5, 5.41) is 1.91. The molecule has 0 amide bonds. The summed E-state index contributed by atoms with van der Waals surface area (Å²) in [7, 11) is -4.52. The highest BCUT2D eigenvalue weighted by Gasteiger charge is 2.16. The van der Waals surface area contributed by atoms with Crippen molar-refractivity contribution < 1.29 is 23.7 Å². The summed E-state index contributed by atoms with van der Waals surface area (Å²) in [6.45, 7) is -0.532. The molecule has 0 atom stereocenters. The number of phosphoric ester groups is 1. The Morgan fingerprint density at radius 1 is 1.53 bits per heavy atom. The van der Waals surface area contributed by atoms with Crippen LogP contribution in [-0.4, -0.2) is 22.2 Å². The zero-order chi connectivity index (χ0) is 11.3. The molecule has 84 valence electrons. The molecule has 0 aromatic carbocycles. The van der Waals surface area contributed by atoms with Gasteiger partial charge in [-0.2, -0.15) is 0 Å². The van der Waals surface area contributed by atoms with Crippen LogP contribution in [0, 0.1) is 0 Å². The normalized spacial score (nSPS) is 11.6. The number of thiophene rings is 1. The number of aryl methyl sites for hydroxylation is 1. The van der Waals surface area contributed by atoms with E-state index in [0.717, 1.165) is 4.88 Å². The van der Waals surface area contributed by atoms with Crippen molar-refractivity contribution in [1.29, 1.82) is 0 Å². The minimum absolute atomic E-state index is 0.237. The molecule has 0 aliphatic rings. The van der Waals surface area contributed by atoms with Crippen molar-refractivity contribution in [3.63, 3.8) is 0 Å². The lowest BCUT2D eigenvalue weighted by atomic mass is 10.2. The van der Waals surface area contributed by atoms with E-state index in [1.165, 1.54) is 0 Å². The lowest BCUT2D eigenvalue weighted by Gasteiger charge is -2.03. The molecule has 0 aliphatic carbocycles. The van der Waals surface area contributed by atoms with E-state index >= 15 is 0 Å². The predicted octanol–water partition coefficient (Wildman–Crippen LogP) is 1.36. The second-order valence-electron chi connectivity index (χ2n) is 2.88. The highest BCUT2D eigenvalue weighted by Crippen LogP contribution is 2.35. The van der Waals surface area contributed by atoms with Crippen LogP contribution in [0.1, 0.15) is 11.3 Å². The third kappa shape index (κ3) is 5.81. The molecular weight excluding hydrogens is 239 g/mol. The molecule has 1 aromatic rings. The zero-order valence-corrected chi connectivity index (χ0v) is 9.54. The molecule has 7 heteroatoms. The third-order valence-electron chi connectivity index (χ3n) is 1.62. The van der Waals surface area contributed by atoms with Crippen LogP contribution in [0.2, 0.25) is 0 Å². The van der Waals surface area contributed by atoms with Gasteiger partial charge < -0.3 is 9.79 Å². The van der Waals surface area contributed by atoms with E-state index in [-0.39, 0.29) is 12.2 Å². The topological polar surface area (TPSA) is 83.8 Å². The second kappa shape index (κ2) is 5.53. The van der Waals surface area contributed by atoms with Crippen LogP contribution >= 0.6 is 19.2 Å². The Kier molecular flexibility index (Phi) is 4.63. The Bertz CT molecular complexity index is 355. The van der Waals surface area contributed by atoms with Crippen molar-refractivity contribution >= 4 is 24.9 Å². The van der Waals surface area contributed by atoms with E-state index in [1.807, 2.05) is 17.5 Å². The molecule has 0 saturated heterocycles. The van der Waals surface area contributed by atoms with Crippen molar-refractivity contribution in [1.82, 2.24) is 0 Å². The molecule has 1 heterocycles. The molecule has 15 heavy (non-hydrogen) atoms. The highest BCUT2D eigenvalue weighted by molar-refractivity contribution is 7.46. The lowest BCUT2D eigenvalue weighted by molar-refractivity contribution is -0.121. The summed E-state index contributed by atoms with van der Waals surface area (Å²) in [4.78, 5) is 28.9. The van der Waals surface area contributed by atoms with E-state index in [4.69, 9.17) is 9.79 Å². The fourth-order valence-electron chi connectivity index (χ4n) is 0.946. The van der Waals surface area contributed by atoms with Gasteiger partial charge in [-0.05, 0) is 17.9 Å². The molecule has 0 saturated carbocycles. The molecule has 0 aliphatic heterocycles. The Morgan fingerprint density at radius 2 is 2.27 bits per heavy atom. The van der Waals surface area contributed by atoms with Crippen molar-refractivity contribution in [2.75, 3.05) is 6.61 Å². The molecule has 0 spiro atoms. The van der Waals surface area contributed by atoms with Gasteiger partial charge in [0.15, 0.2) is 5.78 Å². The first-order valence-corrected chi connectivity index (χ1v) is 6.62. The quantitative estimate of drug-likeness (QED) is 0.745. The van der Waals surface area contributed by atoms with Crippen molar-refractivity contribution in [3.05, 3.63) is 22.4 Å². The Hall–Kier alpha value is -0.520. The number of rotatable bonds is 6. The third-order valence-corrected chi connectivity index (χ3v) is 3.03. The minimum atomic E-state index is -4.52. The van der Waals surface area contributed by atoms with Gasteiger partial charge in [0, 0.05) is 11.3 Å². The number of ketones is 1. The van der Waals surface area contributed by atoms with E-state index in [9.17, 15) is 9.36 Å². The van der Waals surface area contributed by atoms with Crippen LogP contribution < -0.4 is 0 Å². The summed E-state index contributed by atoms with van der Waals surface area (Å²) in [6.07, 6.45) is 0.821. The van der Waals surface area contributed by atoms with E-state index in [0.29, 0.717) is 6.42 Å². The minimum Gasteiger partial charge on any atom is -0.303 e. The van der Waals surface area contributed by atoms with Crippen LogP contribution in [0.15, 0.2) is 17.5 Å². The van der Waals surface area contributed by atoms with Gasteiger partial charge in [0.2, 0.25) is 0 Å².